The number of fused-ring (bicyclic) bond motifs is 3. The molecular formula is C13H12N2O2. The Morgan fingerprint density at radius 3 is 2.53 bits per heavy atom. The zero-order valence-electron chi connectivity index (χ0n) is 9.10. The lowest BCUT2D eigenvalue weighted by Gasteiger charge is -2.04. The third kappa shape index (κ3) is 1.63. The van der Waals surface area contributed by atoms with Crippen molar-refractivity contribution < 1.29 is 10.2 Å². The highest BCUT2D eigenvalue weighted by molar-refractivity contribution is 5.79. The second-order valence-electron chi connectivity index (χ2n) is 4.16. The minimum absolute atomic E-state index is 0.729. The van der Waals surface area contributed by atoms with Gasteiger partial charge in [-0.3, -0.25) is 0 Å². The van der Waals surface area contributed by atoms with Crippen LogP contribution in [0.2, 0.25) is 0 Å². The highest BCUT2D eigenvalue weighted by Crippen LogP contribution is 2.38. The average Bonchev–Trinajstić information content (AvgIpc) is 2.65. The fourth-order valence-electron chi connectivity index (χ4n) is 2.35. The first-order valence-corrected chi connectivity index (χ1v) is 5.36. The van der Waals surface area contributed by atoms with Crippen molar-refractivity contribution in [3.05, 3.63) is 47.5 Å². The molecule has 0 amide bonds. The van der Waals surface area contributed by atoms with Gasteiger partial charge >= 0.3 is 0 Å². The molecule has 17 heavy (non-hydrogen) atoms. The van der Waals surface area contributed by atoms with Crippen LogP contribution in [0.4, 0.5) is 11.4 Å². The number of rotatable bonds is 2. The van der Waals surface area contributed by atoms with Crippen molar-refractivity contribution in [3.8, 4) is 11.1 Å². The third-order valence-corrected chi connectivity index (χ3v) is 3.07. The first-order chi connectivity index (χ1) is 8.28. The lowest BCUT2D eigenvalue weighted by Crippen LogP contribution is -1.96. The Kier molecular flexibility index (Phi) is 2.24. The van der Waals surface area contributed by atoms with Crippen LogP contribution in [0, 0.1) is 0 Å². The van der Waals surface area contributed by atoms with E-state index in [0.29, 0.717) is 0 Å². The maximum Gasteiger partial charge on any atom is 0.0637 e. The summed E-state index contributed by atoms with van der Waals surface area (Å²) in [6, 6.07) is 11.8. The van der Waals surface area contributed by atoms with Crippen LogP contribution in [0.1, 0.15) is 11.1 Å². The predicted molar refractivity (Wildman–Crippen MR) is 66.4 cm³/mol. The number of hydrogen-bond acceptors (Lipinski definition) is 4. The van der Waals surface area contributed by atoms with E-state index in [4.69, 9.17) is 11.0 Å². The maximum atomic E-state index is 8.35. The van der Waals surface area contributed by atoms with E-state index in [1.807, 2.05) is 36.4 Å². The highest BCUT2D eigenvalue weighted by atomic mass is 17.2. The summed E-state index contributed by atoms with van der Waals surface area (Å²) >= 11 is 0. The molecule has 0 atom stereocenters. The molecule has 0 fully saturated rings. The first kappa shape index (κ1) is 10.1. The van der Waals surface area contributed by atoms with Gasteiger partial charge in [0.1, 0.15) is 0 Å². The Balaban J connectivity index is 2.06. The minimum atomic E-state index is 0.729. The molecule has 0 unspecified atom stereocenters. The van der Waals surface area contributed by atoms with Crippen LogP contribution in [0.5, 0.6) is 0 Å². The van der Waals surface area contributed by atoms with Crippen LogP contribution in [0.3, 0.4) is 0 Å². The van der Waals surface area contributed by atoms with E-state index in [2.05, 4.69) is 10.5 Å². The molecule has 2 aromatic carbocycles. The average molecular weight is 228 g/mol. The van der Waals surface area contributed by atoms with Crippen molar-refractivity contribution in [1.29, 1.82) is 0 Å². The smallest absolute Gasteiger partial charge is 0.0637 e. The van der Waals surface area contributed by atoms with E-state index in [1.54, 1.807) is 0 Å². The number of benzene rings is 2. The van der Waals surface area contributed by atoms with E-state index in [0.717, 1.165) is 17.8 Å². The quantitative estimate of drug-likeness (QED) is 0.358. The zero-order chi connectivity index (χ0) is 11.8. The number of nitrogen functional groups attached to an aromatic ring is 1. The lowest BCUT2D eigenvalue weighted by atomic mass is 10.1. The number of anilines is 2. The predicted octanol–water partition coefficient (Wildman–Crippen LogP) is 2.66. The monoisotopic (exact) mass is 228 g/mol. The Morgan fingerprint density at radius 2 is 1.76 bits per heavy atom. The van der Waals surface area contributed by atoms with Crippen molar-refractivity contribution in [1.82, 2.24) is 0 Å². The molecule has 4 N–H and O–H groups in total. The standard InChI is InChI=1S/C13H12N2O2/c14-10-1-3-12-8(6-10)5-9-7-11(15-17-16)2-4-13(9)12/h1-4,6-7,15-16H,5,14H2. The van der Waals surface area contributed by atoms with Crippen molar-refractivity contribution in [2.45, 2.75) is 6.42 Å². The molecule has 1 aliphatic carbocycles. The normalized spacial score (nSPS) is 12.1. The van der Waals surface area contributed by atoms with Crippen molar-refractivity contribution in [2.24, 2.45) is 0 Å². The zero-order valence-corrected chi connectivity index (χ0v) is 9.10. The van der Waals surface area contributed by atoms with Gasteiger partial charge in [-0.2, -0.15) is 0 Å². The topological polar surface area (TPSA) is 67.5 Å². The van der Waals surface area contributed by atoms with Gasteiger partial charge in [0.15, 0.2) is 0 Å². The molecule has 0 radical (unpaired) electrons. The Labute approximate surface area is 98.5 Å². The molecule has 4 heteroatoms. The summed E-state index contributed by atoms with van der Waals surface area (Å²) in [5.74, 6) is 0. The van der Waals surface area contributed by atoms with Crippen LogP contribution in [0.15, 0.2) is 36.4 Å². The molecule has 0 heterocycles. The van der Waals surface area contributed by atoms with Gasteiger partial charge in [-0.05, 0) is 52.9 Å². The van der Waals surface area contributed by atoms with Gasteiger partial charge in [0, 0.05) is 5.69 Å². The Hall–Kier alpha value is -2.04. The molecule has 0 aromatic heterocycles. The van der Waals surface area contributed by atoms with Crippen LogP contribution < -0.4 is 11.2 Å². The summed E-state index contributed by atoms with van der Waals surface area (Å²) < 4.78 is 0. The van der Waals surface area contributed by atoms with E-state index in [9.17, 15) is 0 Å². The highest BCUT2D eigenvalue weighted by Gasteiger charge is 2.18. The fourth-order valence-corrected chi connectivity index (χ4v) is 2.35. The van der Waals surface area contributed by atoms with Gasteiger partial charge in [0.25, 0.3) is 0 Å². The molecule has 1 aliphatic rings. The second-order valence-corrected chi connectivity index (χ2v) is 4.16. The largest absolute Gasteiger partial charge is 0.399 e. The Bertz CT molecular complexity index is 582. The molecule has 0 saturated carbocycles. The third-order valence-electron chi connectivity index (χ3n) is 3.07. The maximum absolute atomic E-state index is 8.35. The fraction of sp³-hybridized carbons (Fsp3) is 0.0769. The Morgan fingerprint density at radius 1 is 1.06 bits per heavy atom. The molecule has 86 valence electrons. The van der Waals surface area contributed by atoms with Crippen molar-refractivity contribution >= 4 is 11.4 Å². The van der Waals surface area contributed by atoms with E-state index < -0.39 is 0 Å². The number of nitrogens with two attached hydrogens (primary N) is 1. The molecule has 0 aliphatic heterocycles. The van der Waals surface area contributed by atoms with E-state index >= 15 is 0 Å². The summed E-state index contributed by atoms with van der Waals surface area (Å²) in [5.41, 5.74) is 14.6. The van der Waals surface area contributed by atoms with Crippen molar-refractivity contribution in [2.75, 3.05) is 11.2 Å². The van der Waals surface area contributed by atoms with Gasteiger partial charge in [0.2, 0.25) is 0 Å². The molecular weight excluding hydrogens is 216 g/mol. The van der Waals surface area contributed by atoms with Gasteiger partial charge in [-0.25, -0.2) is 10.7 Å². The number of hydrogen-bond donors (Lipinski definition) is 3. The van der Waals surface area contributed by atoms with Gasteiger partial charge in [-0.15, -0.1) is 4.99 Å². The van der Waals surface area contributed by atoms with E-state index in [-0.39, 0.29) is 0 Å². The first-order valence-electron chi connectivity index (χ1n) is 5.36. The minimum Gasteiger partial charge on any atom is -0.399 e. The van der Waals surface area contributed by atoms with Gasteiger partial charge in [-0.1, -0.05) is 12.1 Å². The van der Waals surface area contributed by atoms with Gasteiger partial charge in [0.05, 0.1) is 5.69 Å². The summed E-state index contributed by atoms with van der Waals surface area (Å²) in [7, 11) is 0. The molecule has 3 rings (SSSR count). The summed E-state index contributed by atoms with van der Waals surface area (Å²) in [6.07, 6.45) is 0.858. The number of nitrogens with one attached hydrogen (secondary N) is 1. The van der Waals surface area contributed by atoms with Crippen molar-refractivity contribution in [3.63, 3.8) is 0 Å². The van der Waals surface area contributed by atoms with Crippen LogP contribution in [-0.4, -0.2) is 5.26 Å². The summed E-state index contributed by atoms with van der Waals surface area (Å²) in [4.78, 5) is 3.91. The van der Waals surface area contributed by atoms with E-state index in [1.165, 1.54) is 22.3 Å². The summed E-state index contributed by atoms with van der Waals surface area (Å²) in [5, 5.41) is 8.35. The molecule has 0 saturated heterocycles. The second kappa shape index (κ2) is 3.76. The molecule has 0 bridgehead atoms. The summed E-state index contributed by atoms with van der Waals surface area (Å²) in [6.45, 7) is 0. The lowest BCUT2D eigenvalue weighted by molar-refractivity contribution is -0.215. The molecule has 2 aromatic rings. The van der Waals surface area contributed by atoms with Crippen LogP contribution in [-0.2, 0) is 11.4 Å². The molecule has 4 nitrogen and oxygen atoms in total. The van der Waals surface area contributed by atoms with Crippen LogP contribution in [0.25, 0.3) is 11.1 Å². The molecule has 0 spiro atoms. The van der Waals surface area contributed by atoms with Crippen LogP contribution >= 0.6 is 0 Å². The van der Waals surface area contributed by atoms with Gasteiger partial charge < -0.3 is 5.73 Å². The SMILES string of the molecule is Nc1ccc2c(c1)Cc1cc(NOO)ccc1-2.